The van der Waals surface area contributed by atoms with Gasteiger partial charge >= 0.3 is 6.03 Å². The maximum absolute atomic E-state index is 13.1. The number of benzene rings is 1. The van der Waals surface area contributed by atoms with Crippen LogP contribution in [0.3, 0.4) is 0 Å². The molecular formula is C12H16BrFN2O2. The number of hydrogen-bond donors (Lipinski definition) is 3. The summed E-state index contributed by atoms with van der Waals surface area (Å²) in [7, 11) is 0. The second-order valence-electron chi connectivity index (χ2n) is 4.02. The Balaban J connectivity index is 2.33. The van der Waals surface area contributed by atoms with E-state index in [2.05, 4.69) is 26.6 Å². The van der Waals surface area contributed by atoms with Crippen LogP contribution >= 0.6 is 15.9 Å². The zero-order valence-corrected chi connectivity index (χ0v) is 11.6. The van der Waals surface area contributed by atoms with Gasteiger partial charge in [0, 0.05) is 17.6 Å². The lowest BCUT2D eigenvalue weighted by Crippen LogP contribution is -2.36. The molecule has 4 nitrogen and oxygen atoms in total. The summed E-state index contributed by atoms with van der Waals surface area (Å²) < 4.78 is 13.7. The molecule has 1 unspecified atom stereocenters. The van der Waals surface area contributed by atoms with E-state index in [1.54, 1.807) is 13.0 Å². The van der Waals surface area contributed by atoms with Gasteiger partial charge in [0.25, 0.3) is 0 Å². The molecule has 0 fully saturated rings. The molecule has 0 aliphatic heterocycles. The summed E-state index contributed by atoms with van der Waals surface area (Å²) in [5.41, 5.74) is 0.674. The molecule has 0 heterocycles. The number of carbonyl (C=O) groups is 1. The number of nitrogens with one attached hydrogen (secondary N) is 2. The van der Waals surface area contributed by atoms with Gasteiger partial charge in [-0.25, -0.2) is 9.18 Å². The molecule has 1 atom stereocenters. The molecule has 0 spiro atoms. The number of hydrogen-bond acceptors (Lipinski definition) is 2. The number of rotatable bonds is 5. The minimum Gasteiger partial charge on any atom is -0.393 e. The average molecular weight is 319 g/mol. The van der Waals surface area contributed by atoms with Gasteiger partial charge in [0.15, 0.2) is 0 Å². The minimum absolute atomic E-state index is 0.247. The maximum atomic E-state index is 13.1. The van der Waals surface area contributed by atoms with E-state index in [-0.39, 0.29) is 18.4 Å². The van der Waals surface area contributed by atoms with Crippen molar-refractivity contribution in [3.63, 3.8) is 0 Å². The van der Waals surface area contributed by atoms with Crippen molar-refractivity contribution in [3.05, 3.63) is 34.1 Å². The zero-order valence-electron chi connectivity index (χ0n) is 10.0. The summed E-state index contributed by atoms with van der Waals surface area (Å²) in [6.45, 7) is 2.30. The summed E-state index contributed by atoms with van der Waals surface area (Å²) in [6, 6.07) is 4.11. The van der Waals surface area contributed by atoms with Crippen molar-refractivity contribution >= 4 is 22.0 Å². The Morgan fingerprint density at radius 2 is 2.17 bits per heavy atom. The SMILES string of the molecule is CC(O)CCNC(=O)NCc1cc(F)cc(Br)c1. The second kappa shape index (κ2) is 7.33. The average Bonchev–Trinajstić information content (AvgIpc) is 2.24. The van der Waals surface area contributed by atoms with Gasteiger partial charge in [-0.05, 0) is 37.1 Å². The standard InChI is InChI=1S/C12H16BrFN2O2/c1-8(17)2-3-15-12(18)16-7-9-4-10(13)6-11(14)5-9/h4-6,8,17H,2-3,7H2,1H3,(H2,15,16,18). The van der Waals surface area contributed by atoms with E-state index in [9.17, 15) is 9.18 Å². The van der Waals surface area contributed by atoms with Gasteiger partial charge in [0.1, 0.15) is 5.82 Å². The van der Waals surface area contributed by atoms with Crippen molar-refractivity contribution in [1.29, 1.82) is 0 Å². The van der Waals surface area contributed by atoms with Gasteiger partial charge in [-0.2, -0.15) is 0 Å². The van der Waals surface area contributed by atoms with Gasteiger partial charge in [-0.3, -0.25) is 0 Å². The predicted octanol–water partition coefficient (Wildman–Crippen LogP) is 2.16. The fraction of sp³-hybridized carbons (Fsp3) is 0.417. The fourth-order valence-corrected chi connectivity index (χ4v) is 1.87. The first-order chi connectivity index (χ1) is 8.47. The van der Waals surface area contributed by atoms with Crippen LogP contribution in [0, 0.1) is 5.82 Å². The first-order valence-corrected chi connectivity index (χ1v) is 6.41. The van der Waals surface area contributed by atoms with E-state index in [0.29, 0.717) is 23.0 Å². The maximum Gasteiger partial charge on any atom is 0.315 e. The summed E-state index contributed by atoms with van der Waals surface area (Å²) in [5, 5.41) is 14.2. The minimum atomic E-state index is -0.440. The molecule has 18 heavy (non-hydrogen) atoms. The molecular weight excluding hydrogens is 303 g/mol. The number of carbonyl (C=O) groups excluding carboxylic acids is 1. The van der Waals surface area contributed by atoms with Crippen LogP contribution < -0.4 is 10.6 Å². The van der Waals surface area contributed by atoms with Crippen molar-refractivity contribution < 1.29 is 14.3 Å². The van der Waals surface area contributed by atoms with E-state index >= 15 is 0 Å². The highest BCUT2D eigenvalue weighted by molar-refractivity contribution is 9.10. The zero-order chi connectivity index (χ0) is 13.5. The number of amides is 2. The highest BCUT2D eigenvalue weighted by Crippen LogP contribution is 2.14. The Labute approximate surface area is 114 Å². The van der Waals surface area contributed by atoms with E-state index < -0.39 is 6.10 Å². The molecule has 3 N–H and O–H groups in total. The predicted molar refractivity (Wildman–Crippen MR) is 70.6 cm³/mol. The Morgan fingerprint density at radius 3 is 2.78 bits per heavy atom. The van der Waals surface area contributed by atoms with Crippen molar-refractivity contribution in [3.8, 4) is 0 Å². The quantitative estimate of drug-likeness (QED) is 0.779. The molecule has 6 heteroatoms. The summed E-state index contributed by atoms with van der Waals surface area (Å²) >= 11 is 3.18. The van der Waals surface area contributed by atoms with Gasteiger partial charge in [-0.15, -0.1) is 0 Å². The van der Waals surface area contributed by atoms with Crippen LogP contribution in [-0.2, 0) is 6.54 Å². The third-order valence-corrected chi connectivity index (χ3v) is 2.68. The summed E-state index contributed by atoms with van der Waals surface area (Å²) in [6.07, 6.45) is 0.0586. The third-order valence-electron chi connectivity index (χ3n) is 2.22. The van der Waals surface area contributed by atoms with Crippen molar-refractivity contribution in [2.45, 2.75) is 26.0 Å². The van der Waals surface area contributed by atoms with Gasteiger partial charge < -0.3 is 15.7 Å². The molecule has 0 bridgehead atoms. The van der Waals surface area contributed by atoms with Crippen LogP contribution in [-0.4, -0.2) is 23.8 Å². The molecule has 0 radical (unpaired) electrons. The lowest BCUT2D eigenvalue weighted by atomic mass is 10.2. The van der Waals surface area contributed by atoms with Gasteiger partial charge in [0.2, 0.25) is 0 Å². The Morgan fingerprint density at radius 1 is 1.44 bits per heavy atom. The molecule has 0 aromatic heterocycles. The first kappa shape index (κ1) is 14.9. The Hall–Kier alpha value is -1.14. The highest BCUT2D eigenvalue weighted by atomic mass is 79.9. The van der Waals surface area contributed by atoms with E-state index in [1.807, 2.05) is 0 Å². The summed E-state index contributed by atoms with van der Waals surface area (Å²) in [5.74, 6) is -0.351. The van der Waals surface area contributed by atoms with Crippen molar-refractivity contribution in [2.75, 3.05) is 6.54 Å². The largest absolute Gasteiger partial charge is 0.393 e. The van der Waals surface area contributed by atoms with Crippen LogP contribution in [0.5, 0.6) is 0 Å². The normalized spacial score (nSPS) is 12.0. The fourth-order valence-electron chi connectivity index (χ4n) is 1.35. The molecule has 1 aromatic carbocycles. The lowest BCUT2D eigenvalue weighted by molar-refractivity contribution is 0.183. The lowest BCUT2D eigenvalue weighted by Gasteiger charge is -2.09. The second-order valence-corrected chi connectivity index (χ2v) is 4.94. The van der Waals surface area contributed by atoms with E-state index in [0.717, 1.165) is 0 Å². The highest BCUT2D eigenvalue weighted by Gasteiger charge is 2.03. The van der Waals surface area contributed by atoms with E-state index in [4.69, 9.17) is 5.11 Å². The number of halogens is 2. The summed E-state index contributed by atoms with van der Waals surface area (Å²) in [4.78, 5) is 11.4. The number of aliphatic hydroxyl groups is 1. The van der Waals surface area contributed by atoms with Crippen LogP contribution in [0.4, 0.5) is 9.18 Å². The monoisotopic (exact) mass is 318 g/mol. The Kier molecular flexibility index (Phi) is 6.07. The molecule has 0 saturated carbocycles. The topological polar surface area (TPSA) is 61.4 Å². The van der Waals surface area contributed by atoms with Crippen LogP contribution in [0.15, 0.2) is 22.7 Å². The van der Waals surface area contributed by atoms with E-state index in [1.165, 1.54) is 12.1 Å². The molecule has 0 aliphatic carbocycles. The van der Waals surface area contributed by atoms with Crippen LogP contribution in [0.1, 0.15) is 18.9 Å². The Bertz CT molecular complexity index is 393. The number of urea groups is 1. The molecule has 0 aliphatic rings. The molecule has 2 amide bonds. The third kappa shape index (κ3) is 5.97. The molecule has 100 valence electrons. The smallest absolute Gasteiger partial charge is 0.315 e. The van der Waals surface area contributed by atoms with Crippen molar-refractivity contribution in [1.82, 2.24) is 10.6 Å². The number of aliphatic hydroxyl groups excluding tert-OH is 1. The first-order valence-electron chi connectivity index (χ1n) is 5.62. The molecule has 1 rings (SSSR count). The van der Waals surface area contributed by atoms with Crippen molar-refractivity contribution in [2.24, 2.45) is 0 Å². The van der Waals surface area contributed by atoms with Crippen LogP contribution in [0.25, 0.3) is 0 Å². The molecule has 0 saturated heterocycles. The van der Waals surface area contributed by atoms with Gasteiger partial charge in [0.05, 0.1) is 6.10 Å². The van der Waals surface area contributed by atoms with Crippen LogP contribution in [0.2, 0.25) is 0 Å². The van der Waals surface area contributed by atoms with Gasteiger partial charge in [-0.1, -0.05) is 15.9 Å². The molecule has 1 aromatic rings.